The third-order valence-electron chi connectivity index (χ3n) is 4.84. The lowest BCUT2D eigenvalue weighted by molar-refractivity contribution is -0.116. The van der Waals surface area contributed by atoms with Crippen molar-refractivity contribution in [2.45, 2.75) is 32.1 Å². The quantitative estimate of drug-likeness (QED) is 0.240. The van der Waals surface area contributed by atoms with Gasteiger partial charge in [0.25, 0.3) is 0 Å². The van der Waals surface area contributed by atoms with Crippen LogP contribution >= 0.6 is 23.4 Å². The topological polar surface area (TPSA) is 88.9 Å². The van der Waals surface area contributed by atoms with Gasteiger partial charge in [0.1, 0.15) is 0 Å². The summed E-state index contributed by atoms with van der Waals surface area (Å²) in [6, 6.07) is 13.2. The molecule has 1 heterocycles. The fraction of sp³-hybridized carbons (Fsp3) is 0.200. The minimum absolute atomic E-state index is 0.133. The lowest BCUT2D eigenvalue weighted by atomic mass is 10.1. The van der Waals surface area contributed by atoms with Gasteiger partial charge in [-0.3, -0.25) is 9.59 Å². The second-order valence-electron chi connectivity index (χ2n) is 7.53. The summed E-state index contributed by atoms with van der Waals surface area (Å²) in [5.41, 5.74) is 3.63. The van der Waals surface area contributed by atoms with Gasteiger partial charge in [-0.2, -0.15) is 0 Å². The zero-order valence-electron chi connectivity index (χ0n) is 19.0. The first-order valence-corrected chi connectivity index (χ1v) is 12.0. The fourth-order valence-corrected chi connectivity index (χ4v) is 4.02. The minimum Gasteiger partial charge on any atom is -0.345 e. The van der Waals surface area contributed by atoms with Gasteiger partial charge >= 0.3 is 0 Å². The van der Waals surface area contributed by atoms with Gasteiger partial charge in [0.15, 0.2) is 11.0 Å². The first-order chi connectivity index (χ1) is 16.4. The first-order valence-electron chi connectivity index (χ1n) is 10.6. The van der Waals surface area contributed by atoms with E-state index in [-0.39, 0.29) is 24.1 Å². The van der Waals surface area contributed by atoms with Crippen LogP contribution in [0.15, 0.2) is 66.4 Å². The van der Waals surface area contributed by atoms with Gasteiger partial charge in [0, 0.05) is 23.3 Å². The number of thioether (sulfide) groups is 1. The average Bonchev–Trinajstić information content (AvgIpc) is 3.20. The third kappa shape index (κ3) is 7.07. The molecule has 176 valence electrons. The second-order valence-corrected chi connectivity index (χ2v) is 8.88. The van der Waals surface area contributed by atoms with Gasteiger partial charge in [0.2, 0.25) is 11.8 Å². The predicted octanol–water partition coefficient (Wildman–Crippen LogP) is 4.79. The normalized spacial score (nSPS) is 10.9. The molecule has 0 unspecified atom stereocenters. The van der Waals surface area contributed by atoms with Crippen LogP contribution in [0, 0.1) is 13.8 Å². The van der Waals surface area contributed by atoms with Crippen molar-refractivity contribution < 1.29 is 9.59 Å². The van der Waals surface area contributed by atoms with Gasteiger partial charge in [-0.25, -0.2) is 0 Å². The van der Waals surface area contributed by atoms with Gasteiger partial charge in [0.05, 0.1) is 12.3 Å². The molecule has 34 heavy (non-hydrogen) atoms. The van der Waals surface area contributed by atoms with Crippen molar-refractivity contribution in [2.75, 3.05) is 11.1 Å². The van der Waals surface area contributed by atoms with E-state index in [1.807, 2.05) is 54.8 Å². The molecule has 0 fully saturated rings. The molecule has 3 rings (SSSR count). The molecule has 2 N–H and O–H groups in total. The van der Waals surface area contributed by atoms with Crippen LogP contribution in [0.2, 0.25) is 5.02 Å². The Kier molecular flexibility index (Phi) is 9.07. The van der Waals surface area contributed by atoms with Crippen molar-refractivity contribution in [3.05, 3.63) is 88.7 Å². The molecule has 0 aliphatic heterocycles. The lowest BCUT2D eigenvalue weighted by Gasteiger charge is -2.10. The Morgan fingerprint density at radius 3 is 2.74 bits per heavy atom. The van der Waals surface area contributed by atoms with Crippen LogP contribution in [0.3, 0.4) is 0 Å². The van der Waals surface area contributed by atoms with Gasteiger partial charge < -0.3 is 15.2 Å². The smallest absolute Gasteiger partial charge is 0.244 e. The van der Waals surface area contributed by atoms with Crippen molar-refractivity contribution >= 4 is 46.9 Å². The number of aryl methyl sites for hydroxylation is 2. The molecule has 0 aliphatic rings. The minimum atomic E-state index is -0.282. The Bertz CT molecular complexity index is 1220. The maximum atomic E-state index is 12.5. The van der Waals surface area contributed by atoms with E-state index in [0.29, 0.717) is 22.5 Å². The molecular weight excluding hydrogens is 470 g/mol. The Hall–Kier alpha value is -3.36. The van der Waals surface area contributed by atoms with E-state index in [1.54, 1.807) is 18.2 Å². The largest absolute Gasteiger partial charge is 0.345 e. The molecule has 0 atom stereocenters. The number of nitrogens with one attached hydrogen (secondary N) is 2. The summed E-state index contributed by atoms with van der Waals surface area (Å²) in [4.78, 5) is 24.7. The summed E-state index contributed by atoms with van der Waals surface area (Å²) in [5, 5.41) is 15.2. The van der Waals surface area contributed by atoms with Crippen molar-refractivity contribution in [2.24, 2.45) is 0 Å². The highest BCUT2D eigenvalue weighted by Gasteiger charge is 2.14. The monoisotopic (exact) mass is 495 g/mol. The SMILES string of the molecule is C=CCn1c(CNC(=O)/C=C/c2ccccc2Cl)nnc1SCC(=O)Nc1cc(C)ccc1C. The molecule has 0 aliphatic carbocycles. The van der Waals surface area contributed by atoms with E-state index in [9.17, 15) is 9.59 Å². The predicted molar refractivity (Wildman–Crippen MR) is 138 cm³/mol. The highest BCUT2D eigenvalue weighted by atomic mass is 35.5. The number of rotatable bonds is 10. The zero-order valence-corrected chi connectivity index (χ0v) is 20.6. The Balaban J connectivity index is 1.58. The molecule has 0 bridgehead atoms. The Morgan fingerprint density at radius 1 is 1.18 bits per heavy atom. The van der Waals surface area contributed by atoms with E-state index < -0.39 is 0 Å². The molecule has 0 spiro atoms. The molecule has 9 heteroatoms. The maximum Gasteiger partial charge on any atom is 0.244 e. The van der Waals surface area contributed by atoms with Crippen LogP contribution in [-0.4, -0.2) is 32.3 Å². The van der Waals surface area contributed by atoms with Crippen molar-refractivity contribution in [3.63, 3.8) is 0 Å². The van der Waals surface area contributed by atoms with Crippen LogP contribution in [0.1, 0.15) is 22.5 Å². The van der Waals surface area contributed by atoms with Crippen molar-refractivity contribution in [1.29, 1.82) is 0 Å². The van der Waals surface area contributed by atoms with Crippen molar-refractivity contribution in [3.8, 4) is 0 Å². The van der Waals surface area contributed by atoms with Crippen molar-refractivity contribution in [1.82, 2.24) is 20.1 Å². The molecule has 0 saturated heterocycles. The highest BCUT2D eigenvalue weighted by molar-refractivity contribution is 7.99. The van der Waals surface area contributed by atoms with E-state index >= 15 is 0 Å². The van der Waals surface area contributed by atoms with Crippen LogP contribution in [0.25, 0.3) is 6.08 Å². The molecule has 0 radical (unpaired) electrons. The van der Waals surface area contributed by atoms with Crippen LogP contribution in [0.5, 0.6) is 0 Å². The molecule has 2 aromatic carbocycles. The number of aromatic nitrogens is 3. The number of hydrogen-bond donors (Lipinski definition) is 2. The van der Waals surface area contributed by atoms with E-state index in [1.165, 1.54) is 17.8 Å². The van der Waals surface area contributed by atoms with Gasteiger partial charge in [-0.15, -0.1) is 16.8 Å². The van der Waals surface area contributed by atoms with Crippen LogP contribution < -0.4 is 10.6 Å². The number of carbonyl (C=O) groups excluding carboxylic acids is 2. The fourth-order valence-electron chi connectivity index (χ4n) is 3.06. The number of amides is 2. The molecular formula is C25H26ClN5O2S. The Morgan fingerprint density at radius 2 is 1.97 bits per heavy atom. The zero-order chi connectivity index (χ0) is 24.5. The van der Waals surface area contributed by atoms with E-state index in [0.717, 1.165) is 22.4 Å². The summed E-state index contributed by atoms with van der Waals surface area (Å²) >= 11 is 7.38. The first kappa shape index (κ1) is 25.3. The molecule has 1 aromatic heterocycles. The number of nitrogens with zero attached hydrogens (tertiary/aromatic N) is 3. The lowest BCUT2D eigenvalue weighted by Crippen LogP contribution is -2.23. The summed E-state index contributed by atoms with van der Waals surface area (Å²) in [6.45, 7) is 8.34. The molecule has 7 nitrogen and oxygen atoms in total. The summed E-state index contributed by atoms with van der Waals surface area (Å²) in [7, 11) is 0. The maximum absolute atomic E-state index is 12.5. The number of hydrogen-bond acceptors (Lipinski definition) is 5. The summed E-state index contributed by atoms with van der Waals surface area (Å²) < 4.78 is 1.82. The van der Waals surface area contributed by atoms with Crippen LogP contribution in [-0.2, 0) is 22.7 Å². The average molecular weight is 496 g/mol. The number of benzene rings is 2. The number of anilines is 1. The highest BCUT2D eigenvalue weighted by Crippen LogP contribution is 2.20. The van der Waals surface area contributed by atoms with Gasteiger partial charge in [-0.1, -0.05) is 59.8 Å². The number of halogens is 1. The number of carbonyl (C=O) groups is 2. The molecule has 2 amide bonds. The summed E-state index contributed by atoms with van der Waals surface area (Å²) in [5.74, 6) is 0.327. The summed E-state index contributed by atoms with van der Waals surface area (Å²) in [6.07, 6.45) is 4.79. The van der Waals surface area contributed by atoms with Crippen LogP contribution in [0.4, 0.5) is 5.69 Å². The van der Waals surface area contributed by atoms with E-state index in [4.69, 9.17) is 11.6 Å². The third-order valence-corrected chi connectivity index (χ3v) is 6.16. The van der Waals surface area contributed by atoms with Gasteiger partial charge in [-0.05, 0) is 48.7 Å². The van der Waals surface area contributed by atoms with E-state index in [2.05, 4.69) is 27.4 Å². The Labute approximate surface area is 208 Å². The second kappa shape index (κ2) is 12.2. The molecule has 0 saturated carbocycles. The number of allylic oxidation sites excluding steroid dienone is 1. The molecule has 3 aromatic rings. The standard InChI is InChI=1S/C25H26ClN5O2S/c1-4-13-31-22(15-27-23(32)12-11-19-7-5-6-8-20(19)26)29-30-25(31)34-16-24(33)28-21-14-17(2)9-10-18(21)3/h4-12,14H,1,13,15-16H2,2-3H3,(H,27,32)(H,28,33)/b12-11+.